The molecule has 0 fully saturated rings. The predicted molar refractivity (Wildman–Crippen MR) is 79.1 cm³/mol. The van der Waals surface area contributed by atoms with Crippen molar-refractivity contribution in [1.82, 2.24) is 5.32 Å². The maximum atomic E-state index is 11.6. The Kier molecular flexibility index (Phi) is 6.51. The van der Waals surface area contributed by atoms with Crippen molar-refractivity contribution in [3.63, 3.8) is 0 Å². The molecule has 6 heteroatoms. The summed E-state index contributed by atoms with van der Waals surface area (Å²) in [7, 11) is 0. The van der Waals surface area contributed by atoms with E-state index in [1.165, 1.54) is 18.2 Å². The standard InChI is InChI=1S/C14H18BrNO4/c1-3-4-9(2)16-13(17)8-20-12-6-5-10(14(18)19)7-11(12)15/h5-7,9H,3-4,8H2,1-2H3,(H,16,17)(H,18,19). The van der Waals surface area contributed by atoms with Crippen molar-refractivity contribution in [2.45, 2.75) is 32.7 Å². The number of hydrogen-bond acceptors (Lipinski definition) is 3. The number of carbonyl (C=O) groups excluding carboxylic acids is 1. The molecular weight excluding hydrogens is 326 g/mol. The molecule has 0 aromatic heterocycles. The Morgan fingerprint density at radius 2 is 2.15 bits per heavy atom. The van der Waals surface area contributed by atoms with Crippen molar-refractivity contribution in [1.29, 1.82) is 0 Å². The summed E-state index contributed by atoms with van der Waals surface area (Å²) in [6.45, 7) is 3.90. The predicted octanol–water partition coefficient (Wildman–Crippen LogP) is 2.83. The molecule has 20 heavy (non-hydrogen) atoms. The fraction of sp³-hybridized carbons (Fsp3) is 0.429. The number of nitrogens with one attached hydrogen (secondary N) is 1. The zero-order valence-corrected chi connectivity index (χ0v) is 13.1. The molecule has 0 aliphatic carbocycles. The Balaban J connectivity index is 2.53. The number of carboxylic acids is 1. The van der Waals surface area contributed by atoms with E-state index in [2.05, 4.69) is 28.2 Å². The van der Waals surface area contributed by atoms with E-state index in [4.69, 9.17) is 9.84 Å². The van der Waals surface area contributed by atoms with Crippen LogP contribution in [0.1, 0.15) is 37.0 Å². The summed E-state index contributed by atoms with van der Waals surface area (Å²) in [6, 6.07) is 4.51. The normalized spacial score (nSPS) is 11.8. The van der Waals surface area contributed by atoms with Gasteiger partial charge in [0.25, 0.3) is 5.91 Å². The first-order valence-electron chi connectivity index (χ1n) is 6.39. The van der Waals surface area contributed by atoms with Gasteiger partial charge in [-0.3, -0.25) is 4.79 Å². The van der Waals surface area contributed by atoms with Crippen molar-refractivity contribution in [3.8, 4) is 5.75 Å². The van der Waals surface area contributed by atoms with Crippen molar-refractivity contribution < 1.29 is 19.4 Å². The van der Waals surface area contributed by atoms with Gasteiger partial charge in [-0.2, -0.15) is 0 Å². The van der Waals surface area contributed by atoms with Crippen molar-refractivity contribution >= 4 is 27.8 Å². The highest BCUT2D eigenvalue weighted by atomic mass is 79.9. The van der Waals surface area contributed by atoms with Crippen LogP contribution in [0.3, 0.4) is 0 Å². The third kappa shape index (κ3) is 5.21. The smallest absolute Gasteiger partial charge is 0.335 e. The van der Waals surface area contributed by atoms with Crippen molar-refractivity contribution in [3.05, 3.63) is 28.2 Å². The van der Waals surface area contributed by atoms with Gasteiger partial charge in [-0.15, -0.1) is 0 Å². The Morgan fingerprint density at radius 3 is 2.70 bits per heavy atom. The lowest BCUT2D eigenvalue weighted by atomic mass is 10.2. The lowest BCUT2D eigenvalue weighted by molar-refractivity contribution is -0.123. The molecular formula is C14H18BrNO4. The fourth-order valence-corrected chi connectivity index (χ4v) is 2.21. The SMILES string of the molecule is CCCC(C)NC(=O)COc1ccc(C(=O)O)cc1Br. The van der Waals surface area contributed by atoms with E-state index in [9.17, 15) is 9.59 Å². The lowest BCUT2D eigenvalue weighted by Gasteiger charge is -2.13. The summed E-state index contributed by atoms with van der Waals surface area (Å²) in [6.07, 6.45) is 1.92. The highest BCUT2D eigenvalue weighted by Gasteiger charge is 2.10. The maximum Gasteiger partial charge on any atom is 0.335 e. The molecule has 2 N–H and O–H groups in total. The number of carbonyl (C=O) groups is 2. The largest absolute Gasteiger partial charge is 0.483 e. The number of benzene rings is 1. The van der Waals surface area contributed by atoms with Crippen LogP contribution in [0.4, 0.5) is 0 Å². The highest BCUT2D eigenvalue weighted by molar-refractivity contribution is 9.10. The minimum absolute atomic E-state index is 0.0981. The van der Waals surface area contributed by atoms with Crippen molar-refractivity contribution in [2.75, 3.05) is 6.61 Å². The first kappa shape index (κ1) is 16.5. The molecule has 1 aromatic rings. The second-order valence-electron chi connectivity index (χ2n) is 4.50. The van der Waals surface area contributed by atoms with Gasteiger partial charge in [-0.05, 0) is 47.5 Å². The van der Waals surface area contributed by atoms with Crippen LogP contribution in [0.25, 0.3) is 0 Å². The molecule has 0 saturated carbocycles. The molecule has 1 amide bonds. The summed E-state index contributed by atoms with van der Waals surface area (Å²) < 4.78 is 5.87. The van der Waals surface area contributed by atoms with E-state index in [-0.39, 0.29) is 24.1 Å². The second-order valence-corrected chi connectivity index (χ2v) is 5.35. The molecule has 0 radical (unpaired) electrons. The van der Waals surface area contributed by atoms with Crippen LogP contribution in [0, 0.1) is 0 Å². The number of hydrogen-bond donors (Lipinski definition) is 2. The van der Waals surface area contributed by atoms with Gasteiger partial charge in [-0.25, -0.2) is 4.79 Å². The topological polar surface area (TPSA) is 75.6 Å². The van der Waals surface area contributed by atoms with Gasteiger partial charge in [0.1, 0.15) is 5.75 Å². The van der Waals surface area contributed by atoms with E-state index >= 15 is 0 Å². The minimum atomic E-state index is -1.01. The summed E-state index contributed by atoms with van der Waals surface area (Å²) >= 11 is 3.22. The first-order chi connectivity index (χ1) is 9.43. The number of aromatic carboxylic acids is 1. The average Bonchev–Trinajstić information content (AvgIpc) is 2.37. The average molecular weight is 344 g/mol. The summed E-state index contributed by atoms with van der Waals surface area (Å²) in [4.78, 5) is 22.4. The molecule has 0 spiro atoms. The zero-order valence-electron chi connectivity index (χ0n) is 11.5. The molecule has 1 aromatic carbocycles. The molecule has 1 unspecified atom stereocenters. The molecule has 110 valence electrons. The number of ether oxygens (including phenoxy) is 1. The Morgan fingerprint density at radius 1 is 1.45 bits per heavy atom. The highest BCUT2D eigenvalue weighted by Crippen LogP contribution is 2.25. The van der Waals surface area contributed by atoms with E-state index in [0.29, 0.717) is 10.2 Å². The van der Waals surface area contributed by atoms with Gasteiger partial charge in [-0.1, -0.05) is 13.3 Å². The van der Waals surface area contributed by atoms with E-state index < -0.39 is 5.97 Å². The summed E-state index contributed by atoms with van der Waals surface area (Å²) in [5.41, 5.74) is 0.158. The minimum Gasteiger partial charge on any atom is -0.483 e. The third-order valence-corrected chi connectivity index (χ3v) is 3.29. The molecule has 0 bridgehead atoms. The summed E-state index contributed by atoms with van der Waals surface area (Å²) in [5, 5.41) is 11.7. The lowest BCUT2D eigenvalue weighted by Crippen LogP contribution is -2.35. The molecule has 5 nitrogen and oxygen atoms in total. The Labute approximate surface area is 126 Å². The molecule has 0 aliphatic rings. The second kappa shape index (κ2) is 7.89. The summed E-state index contributed by atoms with van der Waals surface area (Å²) in [5.74, 6) is -0.767. The number of halogens is 1. The fourth-order valence-electron chi connectivity index (χ4n) is 1.72. The number of carboxylic acid groups (broad SMARTS) is 1. The molecule has 0 saturated heterocycles. The quantitative estimate of drug-likeness (QED) is 0.798. The van der Waals surface area contributed by atoms with Crippen LogP contribution in [0.5, 0.6) is 5.75 Å². The van der Waals surface area contributed by atoms with Gasteiger partial charge >= 0.3 is 5.97 Å². The van der Waals surface area contributed by atoms with Crippen molar-refractivity contribution in [2.24, 2.45) is 0 Å². The monoisotopic (exact) mass is 343 g/mol. The van der Waals surface area contributed by atoms with Crippen LogP contribution >= 0.6 is 15.9 Å². The first-order valence-corrected chi connectivity index (χ1v) is 7.18. The van der Waals surface area contributed by atoms with Crippen LogP contribution in [0.2, 0.25) is 0 Å². The third-order valence-electron chi connectivity index (χ3n) is 2.67. The van der Waals surface area contributed by atoms with Gasteiger partial charge in [0.05, 0.1) is 10.0 Å². The number of rotatable bonds is 7. The van der Waals surface area contributed by atoms with Crippen LogP contribution in [-0.2, 0) is 4.79 Å². The Hall–Kier alpha value is -1.56. The van der Waals surface area contributed by atoms with Crippen LogP contribution in [-0.4, -0.2) is 29.6 Å². The molecule has 0 aliphatic heterocycles. The van der Waals surface area contributed by atoms with E-state index in [1.54, 1.807) is 0 Å². The van der Waals surface area contributed by atoms with Gasteiger partial charge in [0.2, 0.25) is 0 Å². The molecule has 1 atom stereocenters. The van der Waals surface area contributed by atoms with Gasteiger partial charge in [0.15, 0.2) is 6.61 Å². The molecule has 1 rings (SSSR count). The van der Waals surface area contributed by atoms with E-state index in [1.807, 2.05) is 6.92 Å². The van der Waals surface area contributed by atoms with E-state index in [0.717, 1.165) is 12.8 Å². The van der Waals surface area contributed by atoms with Gasteiger partial charge < -0.3 is 15.2 Å². The van der Waals surface area contributed by atoms with Crippen LogP contribution in [0.15, 0.2) is 22.7 Å². The van der Waals surface area contributed by atoms with Gasteiger partial charge in [0, 0.05) is 6.04 Å². The maximum absolute atomic E-state index is 11.6. The van der Waals surface area contributed by atoms with Crippen LogP contribution < -0.4 is 10.1 Å². The number of amides is 1. The molecule has 0 heterocycles. The Bertz CT molecular complexity index is 490. The zero-order chi connectivity index (χ0) is 15.1.